The molecule has 210 valence electrons. The third-order valence-electron chi connectivity index (χ3n) is 8.33. The number of halogens is 3. The van der Waals surface area contributed by atoms with Crippen molar-refractivity contribution in [1.82, 2.24) is 24.4 Å². The molecule has 1 atom stereocenters. The number of anilines is 1. The first kappa shape index (κ1) is 27.4. The zero-order chi connectivity index (χ0) is 27.7. The monoisotopic (exact) mass is 544 g/mol. The number of carbonyl (C=O) groups is 1. The molecule has 39 heavy (non-hydrogen) atoms. The Morgan fingerprint density at radius 3 is 2.46 bits per heavy atom. The van der Waals surface area contributed by atoms with Gasteiger partial charge in [-0.2, -0.15) is 13.2 Å². The van der Waals surface area contributed by atoms with Gasteiger partial charge in [0, 0.05) is 12.1 Å². The fraction of sp³-hybridized carbons (Fsp3) is 0.571. The second-order valence-electron chi connectivity index (χ2n) is 11.0. The lowest BCUT2D eigenvalue weighted by molar-refractivity contribution is -0.138. The molecule has 3 aromatic rings. The van der Waals surface area contributed by atoms with E-state index in [0.29, 0.717) is 35.7 Å². The van der Waals surface area contributed by atoms with Gasteiger partial charge < -0.3 is 15.0 Å². The highest BCUT2D eigenvalue weighted by molar-refractivity contribution is 5.90. The number of imidazole rings is 1. The average molecular weight is 545 g/mol. The van der Waals surface area contributed by atoms with Crippen LogP contribution < -0.4 is 5.32 Å². The Kier molecular flexibility index (Phi) is 7.80. The average Bonchev–Trinajstić information content (AvgIpc) is 3.20. The van der Waals surface area contributed by atoms with E-state index < -0.39 is 23.5 Å². The van der Waals surface area contributed by atoms with Crippen LogP contribution in [0.25, 0.3) is 11.2 Å². The highest BCUT2D eigenvalue weighted by atomic mass is 19.4. The van der Waals surface area contributed by atoms with E-state index in [9.17, 15) is 23.1 Å². The van der Waals surface area contributed by atoms with Gasteiger partial charge in [-0.1, -0.05) is 43.9 Å². The number of aromatic carboxylic acids is 1. The number of nitrogens with zero attached hydrogens (tertiary/aromatic N) is 5. The molecule has 0 bridgehead atoms. The number of rotatable bonds is 9. The molecular formula is C28H35F3N6O2. The van der Waals surface area contributed by atoms with E-state index in [1.807, 2.05) is 14.0 Å². The number of carboxylic acids is 1. The largest absolute Gasteiger partial charge is 0.475 e. The highest BCUT2D eigenvalue weighted by Gasteiger charge is 2.34. The Morgan fingerprint density at radius 1 is 1.10 bits per heavy atom. The van der Waals surface area contributed by atoms with Crippen LogP contribution in [0.2, 0.25) is 0 Å². The summed E-state index contributed by atoms with van der Waals surface area (Å²) in [5, 5.41) is 13.1. The smallest absolute Gasteiger partial charge is 0.416 e. The zero-order valence-corrected chi connectivity index (χ0v) is 22.3. The SMILES string of the molecule is C[C@@H](Nc1nc(C(=O)O)nc2nc(CN(C)C3CCCCC3)n(Cc3ccccc3C(F)(F)F)c12)C1CCC1. The van der Waals surface area contributed by atoms with Gasteiger partial charge >= 0.3 is 12.1 Å². The van der Waals surface area contributed by atoms with Crippen LogP contribution in [0.15, 0.2) is 24.3 Å². The molecule has 2 aliphatic carbocycles. The van der Waals surface area contributed by atoms with E-state index in [1.54, 1.807) is 10.6 Å². The Hall–Kier alpha value is -3.21. The van der Waals surface area contributed by atoms with Gasteiger partial charge in [0.2, 0.25) is 5.82 Å². The van der Waals surface area contributed by atoms with Crippen molar-refractivity contribution < 1.29 is 23.1 Å². The topological polar surface area (TPSA) is 96.2 Å². The summed E-state index contributed by atoms with van der Waals surface area (Å²) in [6, 6.07) is 5.89. The minimum Gasteiger partial charge on any atom is -0.475 e. The van der Waals surface area contributed by atoms with Crippen molar-refractivity contribution in [2.24, 2.45) is 5.92 Å². The number of nitrogens with one attached hydrogen (secondary N) is 1. The molecule has 0 unspecified atom stereocenters. The first-order valence-corrected chi connectivity index (χ1v) is 13.7. The van der Waals surface area contributed by atoms with Gasteiger partial charge in [-0.25, -0.2) is 19.7 Å². The second-order valence-corrected chi connectivity index (χ2v) is 11.0. The number of hydrogen-bond acceptors (Lipinski definition) is 6. The van der Waals surface area contributed by atoms with Gasteiger partial charge in [0.1, 0.15) is 11.3 Å². The minimum absolute atomic E-state index is 0.0117. The molecule has 0 amide bonds. The van der Waals surface area contributed by atoms with Gasteiger partial charge in [-0.3, -0.25) is 4.90 Å². The summed E-state index contributed by atoms with van der Waals surface area (Å²) >= 11 is 0. The summed E-state index contributed by atoms with van der Waals surface area (Å²) in [5.74, 6) is -0.429. The molecule has 2 heterocycles. The van der Waals surface area contributed by atoms with Crippen molar-refractivity contribution in [2.75, 3.05) is 12.4 Å². The standard InChI is InChI=1S/C28H35F3N6O2/c1-17(18-10-8-11-18)32-24-23-25(35-26(34-24)27(38)39)33-22(16-36(2)20-12-4-3-5-13-20)37(23)15-19-9-6-7-14-21(19)28(29,30)31/h6-7,9,14,17-18,20H,3-5,8,10-13,15-16H2,1-2H3,(H,38,39)(H,32,34,35)/t17-/m1/s1. The number of benzene rings is 1. The maximum absolute atomic E-state index is 13.9. The quantitative estimate of drug-likeness (QED) is 0.343. The molecule has 1 aromatic carbocycles. The van der Waals surface area contributed by atoms with Gasteiger partial charge in [0.25, 0.3) is 0 Å². The Morgan fingerprint density at radius 2 is 1.82 bits per heavy atom. The van der Waals surface area contributed by atoms with Crippen molar-refractivity contribution in [2.45, 2.75) is 89.6 Å². The fourth-order valence-electron chi connectivity index (χ4n) is 5.82. The third kappa shape index (κ3) is 5.88. The number of fused-ring (bicyclic) bond motifs is 1. The van der Waals surface area contributed by atoms with E-state index in [2.05, 4.69) is 20.2 Å². The van der Waals surface area contributed by atoms with Crippen LogP contribution in [-0.4, -0.2) is 54.6 Å². The molecule has 2 aromatic heterocycles. The van der Waals surface area contributed by atoms with Crippen LogP contribution in [0.5, 0.6) is 0 Å². The molecule has 11 heteroatoms. The molecule has 2 N–H and O–H groups in total. The molecule has 2 fully saturated rings. The van der Waals surface area contributed by atoms with E-state index in [-0.39, 0.29) is 23.8 Å². The van der Waals surface area contributed by atoms with Gasteiger partial charge in [-0.15, -0.1) is 0 Å². The minimum atomic E-state index is -4.52. The van der Waals surface area contributed by atoms with E-state index >= 15 is 0 Å². The van der Waals surface area contributed by atoms with Crippen molar-refractivity contribution >= 4 is 23.0 Å². The van der Waals surface area contributed by atoms with E-state index in [1.165, 1.54) is 18.6 Å². The van der Waals surface area contributed by atoms with Crippen molar-refractivity contribution in [3.63, 3.8) is 0 Å². The van der Waals surface area contributed by atoms with Gasteiger partial charge in [0.05, 0.1) is 18.7 Å². The maximum atomic E-state index is 13.9. The van der Waals surface area contributed by atoms with Crippen LogP contribution in [0.1, 0.15) is 85.9 Å². The zero-order valence-electron chi connectivity index (χ0n) is 22.3. The number of aromatic nitrogens is 4. The number of alkyl halides is 3. The van der Waals surface area contributed by atoms with Gasteiger partial charge in [-0.05, 0) is 57.2 Å². The molecule has 0 aliphatic heterocycles. The van der Waals surface area contributed by atoms with Crippen LogP contribution in [0, 0.1) is 5.92 Å². The predicted octanol–water partition coefficient (Wildman–Crippen LogP) is 5.96. The Labute approximate surface area is 225 Å². The van der Waals surface area contributed by atoms with Crippen molar-refractivity contribution in [1.29, 1.82) is 0 Å². The van der Waals surface area contributed by atoms with Gasteiger partial charge in [0.15, 0.2) is 11.5 Å². The third-order valence-corrected chi connectivity index (χ3v) is 8.33. The summed E-state index contributed by atoms with van der Waals surface area (Å²) in [5.41, 5.74) is -0.0116. The highest BCUT2D eigenvalue weighted by Crippen LogP contribution is 2.35. The molecule has 5 rings (SSSR count). The van der Waals surface area contributed by atoms with Crippen LogP contribution in [-0.2, 0) is 19.3 Å². The van der Waals surface area contributed by atoms with Crippen LogP contribution in [0.3, 0.4) is 0 Å². The summed E-state index contributed by atoms with van der Waals surface area (Å²) in [4.78, 5) is 27.3. The summed E-state index contributed by atoms with van der Waals surface area (Å²) in [6.07, 6.45) is 4.35. The molecule has 2 aliphatic rings. The molecule has 8 nitrogen and oxygen atoms in total. The molecule has 0 radical (unpaired) electrons. The Bertz CT molecular complexity index is 1330. The number of carboxylic acid groups (broad SMARTS) is 1. The first-order chi connectivity index (χ1) is 18.6. The molecule has 0 saturated heterocycles. The summed E-state index contributed by atoms with van der Waals surface area (Å²) < 4.78 is 43.5. The normalized spacial score (nSPS) is 17.9. The van der Waals surface area contributed by atoms with E-state index in [0.717, 1.165) is 51.0 Å². The maximum Gasteiger partial charge on any atom is 0.416 e. The fourth-order valence-corrected chi connectivity index (χ4v) is 5.82. The number of hydrogen-bond donors (Lipinski definition) is 2. The van der Waals surface area contributed by atoms with Crippen molar-refractivity contribution in [3.05, 3.63) is 47.0 Å². The molecule has 2 saturated carbocycles. The summed E-state index contributed by atoms with van der Waals surface area (Å²) in [6.45, 7) is 2.33. The Balaban J connectivity index is 1.63. The van der Waals surface area contributed by atoms with Crippen molar-refractivity contribution in [3.8, 4) is 0 Å². The lowest BCUT2D eigenvalue weighted by Crippen LogP contribution is -2.34. The second kappa shape index (κ2) is 11.1. The van der Waals surface area contributed by atoms with Crippen LogP contribution in [0.4, 0.5) is 19.0 Å². The van der Waals surface area contributed by atoms with E-state index in [4.69, 9.17) is 4.98 Å². The van der Waals surface area contributed by atoms with Crippen LogP contribution >= 0.6 is 0 Å². The summed E-state index contributed by atoms with van der Waals surface area (Å²) in [7, 11) is 2.01. The lowest BCUT2D eigenvalue weighted by atomic mass is 9.80. The molecule has 0 spiro atoms. The molecular weight excluding hydrogens is 509 g/mol. The predicted molar refractivity (Wildman–Crippen MR) is 142 cm³/mol. The lowest BCUT2D eigenvalue weighted by Gasteiger charge is -2.32. The first-order valence-electron chi connectivity index (χ1n) is 13.7.